The Kier molecular flexibility index (Phi) is 5.14. The van der Waals surface area contributed by atoms with Gasteiger partial charge in [-0.1, -0.05) is 38.0 Å². The number of aromatic nitrogens is 1. The fourth-order valence-electron chi connectivity index (χ4n) is 3.37. The minimum atomic E-state index is -0.930. The van der Waals surface area contributed by atoms with E-state index in [1.54, 1.807) is 18.2 Å². The molecular formula is C18H22N2O3S. The number of hydrogen-bond acceptors (Lipinski definition) is 3. The average Bonchev–Trinajstić information content (AvgIpc) is 2.61. The first kappa shape index (κ1) is 16.9. The summed E-state index contributed by atoms with van der Waals surface area (Å²) in [4.78, 5) is 27.4. The lowest BCUT2D eigenvalue weighted by molar-refractivity contribution is 0.0924. The molecule has 2 aromatic rings. The Morgan fingerprint density at radius 3 is 2.83 bits per heavy atom. The molecule has 1 aromatic carbocycles. The van der Waals surface area contributed by atoms with Crippen LogP contribution in [0.1, 0.15) is 43.1 Å². The summed E-state index contributed by atoms with van der Waals surface area (Å²) >= 11 is 0. The van der Waals surface area contributed by atoms with Crippen LogP contribution in [-0.2, 0) is 10.8 Å². The van der Waals surface area contributed by atoms with Crippen LogP contribution in [0, 0.1) is 0 Å². The number of carbonyl (C=O) groups is 1. The van der Waals surface area contributed by atoms with Crippen molar-refractivity contribution in [1.29, 1.82) is 0 Å². The molecule has 1 aliphatic rings. The summed E-state index contributed by atoms with van der Waals surface area (Å²) in [6.07, 6.45) is 3.78. The van der Waals surface area contributed by atoms with Gasteiger partial charge in [0, 0.05) is 28.0 Å². The highest BCUT2D eigenvalue weighted by atomic mass is 32.2. The molecule has 1 aliphatic carbocycles. The molecule has 1 heterocycles. The lowest BCUT2D eigenvalue weighted by Gasteiger charge is -2.31. The highest BCUT2D eigenvalue weighted by molar-refractivity contribution is 7.85. The summed E-state index contributed by atoms with van der Waals surface area (Å²) in [6.45, 7) is 1.91. The Labute approximate surface area is 143 Å². The molecule has 24 heavy (non-hydrogen) atoms. The van der Waals surface area contributed by atoms with Gasteiger partial charge in [0.2, 0.25) is 0 Å². The Morgan fingerprint density at radius 1 is 1.29 bits per heavy atom. The second-order valence-corrected chi connectivity index (χ2v) is 8.12. The first-order chi connectivity index (χ1) is 11.6. The number of nitrogens with one attached hydrogen (secondary N) is 2. The van der Waals surface area contributed by atoms with Crippen LogP contribution in [0.3, 0.4) is 0 Å². The zero-order valence-electron chi connectivity index (χ0n) is 13.7. The Morgan fingerprint density at radius 2 is 2.04 bits per heavy atom. The van der Waals surface area contributed by atoms with E-state index in [1.165, 1.54) is 0 Å². The highest BCUT2D eigenvalue weighted by Gasteiger charge is 2.30. The van der Waals surface area contributed by atoms with E-state index in [2.05, 4.69) is 10.3 Å². The van der Waals surface area contributed by atoms with Gasteiger partial charge in [0.25, 0.3) is 11.5 Å². The summed E-state index contributed by atoms with van der Waals surface area (Å²) < 4.78 is 12.2. The van der Waals surface area contributed by atoms with Crippen molar-refractivity contribution < 1.29 is 9.00 Å². The van der Waals surface area contributed by atoms with E-state index in [-0.39, 0.29) is 28.5 Å². The van der Waals surface area contributed by atoms with Crippen LogP contribution in [-0.4, -0.2) is 32.1 Å². The summed E-state index contributed by atoms with van der Waals surface area (Å²) in [6, 6.07) is 8.78. The molecule has 6 heteroatoms. The topological polar surface area (TPSA) is 79.0 Å². The van der Waals surface area contributed by atoms with Gasteiger partial charge in [-0.05, 0) is 30.4 Å². The smallest absolute Gasteiger partial charge is 0.268 e. The van der Waals surface area contributed by atoms with Crippen LogP contribution in [0.25, 0.3) is 10.8 Å². The number of H-pyrrole nitrogens is 1. The predicted molar refractivity (Wildman–Crippen MR) is 96.8 cm³/mol. The number of amides is 1. The van der Waals surface area contributed by atoms with Crippen molar-refractivity contribution >= 4 is 27.5 Å². The largest absolute Gasteiger partial charge is 0.347 e. The van der Waals surface area contributed by atoms with Crippen molar-refractivity contribution in [3.8, 4) is 0 Å². The molecule has 3 rings (SSSR count). The molecule has 1 amide bonds. The zero-order chi connectivity index (χ0) is 17.1. The van der Waals surface area contributed by atoms with Crippen molar-refractivity contribution in [3.63, 3.8) is 0 Å². The van der Waals surface area contributed by atoms with Gasteiger partial charge in [0.15, 0.2) is 0 Å². The molecule has 5 nitrogen and oxygen atoms in total. The van der Waals surface area contributed by atoms with Gasteiger partial charge in [0.05, 0.1) is 5.25 Å². The maximum absolute atomic E-state index is 12.6. The predicted octanol–water partition coefficient (Wildman–Crippen LogP) is 2.34. The Balaban J connectivity index is 1.84. The van der Waals surface area contributed by atoms with E-state index in [9.17, 15) is 13.8 Å². The van der Waals surface area contributed by atoms with Crippen LogP contribution in [0.2, 0.25) is 0 Å². The maximum atomic E-state index is 12.6. The zero-order valence-corrected chi connectivity index (χ0v) is 14.5. The molecule has 2 N–H and O–H groups in total. The molecule has 0 aliphatic heterocycles. The standard InChI is InChI=1S/C18H22N2O3S/c1-2-24(23)16-10-6-5-9-14(16)19-18(22)15-11-12-7-3-4-8-13(12)17(21)20-15/h3-4,7-8,11,14,16H,2,5-6,9-10H2,1H3,(H,19,22)(H,20,21)/t14-,16-,24+/m0/s1. The molecular weight excluding hydrogens is 324 g/mol. The average molecular weight is 346 g/mol. The van der Waals surface area contributed by atoms with Crippen molar-refractivity contribution in [1.82, 2.24) is 10.3 Å². The van der Waals surface area contributed by atoms with Crippen molar-refractivity contribution in [2.24, 2.45) is 0 Å². The third-order valence-electron chi connectivity index (χ3n) is 4.64. The summed E-state index contributed by atoms with van der Waals surface area (Å²) in [5, 5.41) is 4.30. The first-order valence-electron chi connectivity index (χ1n) is 8.40. The Hall–Kier alpha value is -1.95. The first-order valence-corrected chi connectivity index (χ1v) is 9.78. The third-order valence-corrected chi connectivity index (χ3v) is 6.45. The molecule has 3 atom stereocenters. The van der Waals surface area contributed by atoms with Crippen LogP contribution in [0.4, 0.5) is 0 Å². The number of pyridine rings is 1. The number of carbonyl (C=O) groups excluding carboxylic acids is 1. The van der Waals surface area contributed by atoms with E-state index in [1.807, 2.05) is 19.1 Å². The molecule has 128 valence electrons. The van der Waals surface area contributed by atoms with Gasteiger partial charge in [0.1, 0.15) is 5.69 Å². The van der Waals surface area contributed by atoms with E-state index in [4.69, 9.17) is 0 Å². The SMILES string of the molecule is CC[S@@](=O)[C@H]1CCCC[C@@H]1NC(=O)c1cc2ccccc2c(=O)[nH]1. The Bertz CT molecular complexity index is 830. The fraction of sp³-hybridized carbons (Fsp3) is 0.444. The monoisotopic (exact) mass is 346 g/mol. The normalized spacial score (nSPS) is 22.2. The molecule has 0 spiro atoms. The summed E-state index contributed by atoms with van der Waals surface area (Å²) in [5.74, 6) is 0.298. The van der Waals surface area contributed by atoms with Gasteiger partial charge in [-0.25, -0.2) is 0 Å². The second-order valence-electron chi connectivity index (χ2n) is 6.17. The minimum absolute atomic E-state index is 0.000113. The van der Waals surface area contributed by atoms with Crippen LogP contribution in [0.15, 0.2) is 35.1 Å². The summed E-state index contributed by atoms with van der Waals surface area (Å²) in [7, 11) is -0.930. The van der Waals surface area contributed by atoms with E-state index in [0.717, 1.165) is 31.1 Å². The molecule has 0 saturated heterocycles. The van der Waals surface area contributed by atoms with Crippen molar-refractivity contribution in [2.45, 2.75) is 43.9 Å². The lowest BCUT2D eigenvalue weighted by atomic mass is 9.94. The van der Waals surface area contributed by atoms with Gasteiger partial charge < -0.3 is 10.3 Å². The highest BCUT2D eigenvalue weighted by Crippen LogP contribution is 2.23. The van der Waals surface area contributed by atoms with Crippen LogP contribution >= 0.6 is 0 Å². The minimum Gasteiger partial charge on any atom is -0.347 e. The molecule has 1 fully saturated rings. The van der Waals surface area contributed by atoms with Crippen LogP contribution in [0.5, 0.6) is 0 Å². The van der Waals surface area contributed by atoms with E-state index < -0.39 is 10.8 Å². The lowest BCUT2D eigenvalue weighted by Crippen LogP contribution is -2.47. The van der Waals surface area contributed by atoms with Crippen molar-refractivity contribution in [3.05, 3.63) is 46.4 Å². The van der Waals surface area contributed by atoms with E-state index in [0.29, 0.717) is 11.1 Å². The number of fused-ring (bicyclic) bond motifs is 1. The number of hydrogen-bond donors (Lipinski definition) is 2. The number of aromatic amines is 1. The van der Waals surface area contributed by atoms with Crippen LogP contribution < -0.4 is 10.9 Å². The van der Waals surface area contributed by atoms with Crippen molar-refractivity contribution in [2.75, 3.05) is 5.75 Å². The molecule has 0 radical (unpaired) electrons. The second kappa shape index (κ2) is 7.30. The summed E-state index contributed by atoms with van der Waals surface area (Å²) in [5.41, 5.74) is -0.0131. The van der Waals surface area contributed by atoms with Gasteiger partial charge >= 0.3 is 0 Å². The maximum Gasteiger partial charge on any atom is 0.268 e. The number of rotatable bonds is 4. The third kappa shape index (κ3) is 3.43. The molecule has 1 aromatic heterocycles. The number of benzene rings is 1. The quantitative estimate of drug-likeness (QED) is 0.892. The fourth-order valence-corrected chi connectivity index (χ4v) is 4.80. The van der Waals surface area contributed by atoms with Gasteiger partial charge in [-0.15, -0.1) is 0 Å². The van der Waals surface area contributed by atoms with E-state index >= 15 is 0 Å². The molecule has 0 unspecified atom stereocenters. The molecule has 1 saturated carbocycles. The molecule has 0 bridgehead atoms. The van der Waals surface area contributed by atoms with Gasteiger partial charge in [-0.2, -0.15) is 0 Å². The van der Waals surface area contributed by atoms with Gasteiger partial charge in [-0.3, -0.25) is 13.8 Å².